The highest BCUT2D eigenvalue weighted by Crippen LogP contribution is 2.25. The number of ether oxygens (including phenoxy) is 2. The van der Waals surface area contributed by atoms with Crippen LogP contribution in [0, 0.1) is 13.8 Å². The van der Waals surface area contributed by atoms with E-state index in [-0.39, 0.29) is 17.1 Å². The van der Waals surface area contributed by atoms with Gasteiger partial charge in [0.15, 0.2) is 6.61 Å². The van der Waals surface area contributed by atoms with Gasteiger partial charge in [0.05, 0.1) is 11.5 Å². The van der Waals surface area contributed by atoms with Gasteiger partial charge in [-0.3, -0.25) is 14.3 Å². The average Bonchev–Trinajstić information content (AvgIpc) is 2.88. The first kappa shape index (κ1) is 27.4. The third-order valence-electron chi connectivity index (χ3n) is 5.52. The summed E-state index contributed by atoms with van der Waals surface area (Å²) in [5.41, 5.74) is 2.42. The van der Waals surface area contributed by atoms with Crippen LogP contribution in [0.25, 0.3) is 11.4 Å². The van der Waals surface area contributed by atoms with Crippen LogP contribution in [0.1, 0.15) is 18.2 Å². The number of sulfonamides is 1. The van der Waals surface area contributed by atoms with Gasteiger partial charge in [-0.2, -0.15) is 0 Å². The van der Waals surface area contributed by atoms with Crippen LogP contribution >= 0.6 is 0 Å². The number of anilines is 2. The van der Waals surface area contributed by atoms with Gasteiger partial charge in [-0.05, 0) is 80.9 Å². The van der Waals surface area contributed by atoms with Gasteiger partial charge in [0.2, 0.25) is 0 Å². The highest BCUT2D eigenvalue weighted by atomic mass is 32.2. The summed E-state index contributed by atoms with van der Waals surface area (Å²) in [6.45, 7) is 5.52. The summed E-state index contributed by atoms with van der Waals surface area (Å²) in [7, 11) is -3.84. The minimum absolute atomic E-state index is 0.0605. The molecular weight excluding hydrogens is 520 g/mol. The molecule has 0 bridgehead atoms. The average molecular weight is 549 g/mol. The topological polar surface area (TPSA) is 139 Å². The first-order chi connectivity index (χ1) is 18.6. The highest BCUT2D eigenvalue weighted by molar-refractivity contribution is 7.92. The van der Waals surface area contributed by atoms with E-state index in [1.807, 2.05) is 6.92 Å². The first-order valence-corrected chi connectivity index (χ1v) is 13.6. The molecule has 11 heteroatoms. The standard InChI is InChI=1S/C28H28N4O6S/c1-4-37-23-10-8-21(9-11-23)32-39(35,36)24-12-13-25(18(2)14-24)38-17-27(34)30-22-7-5-6-20(16-22)28-29-19(3)15-26(33)31-28/h5-16,32H,4,17H2,1-3H3,(H,30,34)(H,29,31,33). The lowest BCUT2D eigenvalue weighted by atomic mass is 10.2. The number of nitrogens with zero attached hydrogens (tertiary/aromatic N) is 1. The lowest BCUT2D eigenvalue weighted by Gasteiger charge is -2.13. The molecule has 0 saturated heterocycles. The van der Waals surface area contributed by atoms with Gasteiger partial charge >= 0.3 is 0 Å². The summed E-state index contributed by atoms with van der Waals surface area (Å²) in [5, 5.41) is 2.75. The normalized spacial score (nSPS) is 11.1. The molecule has 0 fully saturated rings. The molecule has 4 aromatic rings. The molecule has 1 amide bonds. The number of hydrogen-bond acceptors (Lipinski definition) is 7. The quantitative estimate of drug-likeness (QED) is 0.269. The summed E-state index contributed by atoms with van der Waals surface area (Å²) in [4.78, 5) is 31.3. The molecule has 0 unspecified atom stereocenters. The summed E-state index contributed by atoms with van der Waals surface area (Å²) < 4.78 is 39.2. The van der Waals surface area contributed by atoms with Gasteiger partial charge in [0.1, 0.15) is 17.3 Å². The molecule has 0 saturated carbocycles. The van der Waals surface area contributed by atoms with Crippen molar-refractivity contribution in [3.63, 3.8) is 0 Å². The van der Waals surface area contributed by atoms with E-state index < -0.39 is 15.9 Å². The van der Waals surface area contributed by atoms with Crippen LogP contribution in [-0.2, 0) is 14.8 Å². The molecule has 0 radical (unpaired) electrons. The van der Waals surface area contributed by atoms with Gasteiger partial charge in [-0.15, -0.1) is 0 Å². The maximum absolute atomic E-state index is 12.8. The Hall–Kier alpha value is -4.64. The predicted octanol–water partition coefficient (Wildman–Crippen LogP) is 4.27. The van der Waals surface area contributed by atoms with Crippen molar-refractivity contribution in [1.29, 1.82) is 0 Å². The fourth-order valence-electron chi connectivity index (χ4n) is 3.75. The number of carbonyl (C=O) groups excluding carboxylic acids is 1. The summed E-state index contributed by atoms with van der Waals surface area (Å²) in [6.07, 6.45) is 0. The second-order valence-electron chi connectivity index (χ2n) is 8.64. The van der Waals surface area contributed by atoms with Crippen LogP contribution in [0.4, 0.5) is 11.4 Å². The van der Waals surface area contributed by atoms with E-state index in [0.29, 0.717) is 52.1 Å². The highest BCUT2D eigenvalue weighted by Gasteiger charge is 2.16. The van der Waals surface area contributed by atoms with Crippen LogP contribution in [0.2, 0.25) is 0 Å². The van der Waals surface area contributed by atoms with Crippen molar-refractivity contribution < 1.29 is 22.7 Å². The summed E-state index contributed by atoms with van der Waals surface area (Å²) >= 11 is 0. The number of H-pyrrole nitrogens is 1. The molecule has 1 aromatic heterocycles. The van der Waals surface area contributed by atoms with E-state index in [9.17, 15) is 18.0 Å². The predicted molar refractivity (Wildman–Crippen MR) is 149 cm³/mol. The van der Waals surface area contributed by atoms with Gasteiger partial charge < -0.3 is 19.8 Å². The van der Waals surface area contributed by atoms with Crippen molar-refractivity contribution in [1.82, 2.24) is 9.97 Å². The van der Waals surface area contributed by atoms with E-state index in [1.165, 1.54) is 24.3 Å². The van der Waals surface area contributed by atoms with Crippen LogP contribution in [0.5, 0.6) is 11.5 Å². The monoisotopic (exact) mass is 548 g/mol. The fourth-order valence-corrected chi connectivity index (χ4v) is 4.89. The minimum Gasteiger partial charge on any atom is -0.494 e. The minimum atomic E-state index is -3.84. The Bertz CT molecular complexity index is 1650. The van der Waals surface area contributed by atoms with Crippen LogP contribution in [0.3, 0.4) is 0 Å². The Morgan fingerprint density at radius 1 is 0.949 bits per heavy atom. The molecule has 10 nitrogen and oxygen atoms in total. The molecule has 0 aliphatic heterocycles. The number of amides is 1. The van der Waals surface area contributed by atoms with Crippen LogP contribution in [0.15, 0.2) is 82.5 Å². The van der Waals surface area contributed by atoms with Crippen molar-refractivity contribution in [3.8, 4) is 22.9 Å². The van der Waals surface area contributed by atoms with E-state index in [1.54, 1.807) is 62.4 Å². The first-order valence-electron chi connectivity index (χ1n) is 12.1. The van der Waals surface area contributed by atoms with Gasteiger partial charge in [-0.25, -0.2) is 13.4 Å². The van der Waals surface area contributed by atoms with Gasteiger partial charge in [-0.1, -0.05) is 12.1 Å². The van der Waals surface area contributed by atoms with Crippen LogP contribution in [-0.4, -0.2) is 37.5 Å². The fraction of sp³-hybridized carbons (Fsp3) is 0.179. The molecule has 0 atom stereocenters. The Balaban J connectivity index is 1.37. The molecule has 39 heavy (non-hydrogen) atoms. The van der Waals surface area contributed by atoms with Crippen LogP contribution < -0.4 is 25.1 Å². The second-order valence-corrected chi connectivity index (χ2v) is 10.3. The van der Waals surface area contributed by atoms with Crippen molar-refractivity contribution in [2.45, 2.75) is 25.7 Å². The molecular formula is C28H28N4O6S. The maximum Gasteiger partial charge on any atom is 0.262 e. The lowest BCUT2D eigenvalue weighted by Crippen LogP contribution is -2.20. The molecule has 0 aliphatic rings. The molecule has 202 valence electrons. The Labute approximate surface area is 226 Å². The molecule has 3 aromatic carbocycles. The smallest absolute Gasteiger partial charge is 0.262 e. The Morgan fingerprint density at radius 3 is 2.41 bits per heavy atom. The Kier molecular flexibility index (Phi) is 8.30. The van der Waals surface area contributed by atoms with E-state index >= 15 is 0 Å². The van der Waals surface area contributed by atoms with E-state index in [2.05, 4.69) is 20.0 Å². The van der Waals surface area contributed by atoms with E-state index in [0.717, 1.165) is 0 Å². The summed E-state index contributed by atoms with van der Waals surface area (Å²) in [5.74, 6) is 1.01. The third kappa shape index (κ3) is 7.23. The number of aromatic amines is 1. The number of hydrogen-bond donors (Lipinski definition) is 3. The zero-order valence-electron chi connectivity index (χ0n) is 21.6. The number of aromatic nitrogens is 2. The summed E-state index contributed by atoms with van der Waals surface area (Å²) in [6, 6.07) is 19.3. The SMILES string of the molecule is CCOc1ccc(NS(=O)(=O)c2ccc(OCC(=O)Nc3cccc(-c4nc(C)cc(=O)[nH]4)c3)c(C)c2)cc1. The number of carbonyl (C=O) groups is 1. The lowest BCUT2D eigenvalue weighted by molar-refractivity contribution is -0.118. The number of rotatable bonds is 10. The largest absolute Gasteiger partial charge is 0.494 e. The van der Waals surface area contributed by atoms with Gasteiger partial charge in [0, 0.05) is 28.7 Å². The van der Waals surface area contributed by atoms with Gasteiger partial charge in [0.25, 0.3) is 21.5 Å². The number of aryl methyl sites for hydroxylation is 2. The second kappa shape index (κ2) is 11.8. The van der Waals surface area contributed by atoms with Crippen molar-refractivity contribution in [2.24, 2.45) is 0 Å². The molecule has 0 aliphatic carbocycles. The zero-order valence-corrected chi connectivity index (χ0v) is 22.5. The maximum atomic E-state index is 12.8. The number of nitrogens with one attached hydrogen (secondary N) is 3. The van der Waals surface area contributed by atoms with Crippen molar-refractivity contribution in [3.05, 3.63) is 94.4 Å². The molecule has 1 heterocycles. The Morgan fingerprint density at radius 2 is 1.72 bits per heavy atom. The van der Waals surface area contributed by atoms with Crippen molar-refractivity contribution >= 4 is 27.3 Å². The molecule has 3 N–H and O–H groups in total. The third-order valence-corrected chi connectivity index (χ3v) is 6.90. The van der Waals surface area contributed by atoms with Crippen molar-refractivity contribution in [2.75, 3.05) is 23.3 Å². The van der Waals surface area contributed by atoms with E-state index in [4.69, 9.17) is 9.47 Å². The molecule has 4 rings (SSSR count). The molecule has 0 spiro atoms. The number of benzene rings is 3. The zero-order chi connectivity index (χ0) is 28.0.